The Morgan fingerprint density at radius 3 is 1.90 bits per heavy atom. The highest BCUT2D eigenvalue weighted by molar-refractivity contribution is 5.09. The molecule has 0 atom stereocenters. The molecule has 0 spiro atoms. The van der Waals surface area contributed by atoms with Crippen molar-refractivity contribution in [3.8, 4) is 11.8 Å². The molecule has 0 aliphatic heterocycles. The Kier molecular flexibility index (Phi) is 7.65. The van der Waals surface area contributed by atoms with Gasteiger partial charge < -0.3 is 4.74 Å². The van der Waals surface area contributed by atoms with Crippen molar-refractivity contribution < 1.29 is 4.74 Å². The summed E-state index contributed by atoms with van der Waals surface area (Å²) >= 11 is 0. The van der Waals surface area contributed by atoms with Gasteiger partial charge in [-0.3, -0.25) is 0 Å². The van der Waals surface area contributed by atoms with Crippen LogP contribution in [0, 0.1) is 29.6 Å². The molecule has 21 heavy (non-hydrogen) atoms. The van der Waals surface area contributed by atoms with Crippen LogP contribution >= 0.6 is 0 Å². The third kappa shape index (κ3) is 6.03. The molecule has 0 bridgehead atoms. The van der Waals surface area contributed by atoms with E-state index in [-0.39, 0.29) is 0 Å². The lowest BCUT2D eigenvalue weighted by atomic mass is 9.79. The highest BCUT2D eigenvalue weighted by Crippen LogP contribution is 2.32. The second-order valence-electron chi connectivity index (χ2n) is 7.08. The van der Waals surface area contributed by atoms with Gasteiger partial charge in [0.25, 0.3) is 0 Å². The van der Waals surface area contributed by atoms with Crippen LogP contribution in [0.4, 0.5) is 0 Å². The normalized spacial score (nSPS) is 33.2. The average Bonchev–Trinajstić information content (AvgIpc) is 2.53. The summed E-state index contributed by atoms with van der Waals surface area (Å²) in [5, 5.41) is 0. The van der Waals surface area contributed by atoms with Gasteiger partial charge in [0, 0.05) is 18.4 Å². The molecular weight excluding hydrogens is 256 g/mol. The summed E-state index contributed by atoms with van der Waals surface area (Å²) in [5.74, 6) is 9.59. The summed E-state index contributed by atoms with van der Waals surface area (Å²) < 4.78 is 5.72. The second kappa shape index (κ2) is 9.52. The Balaban J connectivity index is 1.65. The third-order valence-electron chi connectivity index (χ3n) is 5.38. The Morgan fingerprint density at radius 2 is 1.38 bits per heavy atom. The zero-order valence-corrected chi connectivity index (χ0v) is 14.2. The Morgan fingerprint density at radius 1 is 0.810 bits per heavy atom. The molecule has 0 amide bonds. The molecule has 0 N–H and O–H groups in total. The number of hydrogen-bond donors (Lipinski definition) is 0. The molecule has 1 heteroatoms. The van der Waals surface area contributed by atoms with E-state index in [1.165, 1.54) is 70.6 Å². The van der Waals surface area contributed by atoms with Crippen LogP contribution in [0.1, 0.15) is 84.5 Å². The maximum atomic E-state index is 5.72. The first-order chi connectivity index (χ1) is 10.3. The molecule has 0 aromatic carbocycles. The SMILES string of the molecule is CCCCC1CCC(C#CC2CCC(OCC)CC2)CC1. The summed E-state index contributed by atoms with van der Waals surface area (Å²) in [5.41, 5.74) is 0. The van der Waals surface area contributed by atoms with Crippen molar-refractivity contribution in [3.63, 3.8) is 0 Å². The molecule has 0 aromatic heterocycles. The van der Waals surface area contributed by atoms with E-state index in [1.54, 1.807) is 0 Å². The van der Waals surface area contributed by atoms with Gasteiger partial charge in [-0.25, -0.2) is 0 Å². The highest BCUT2D eigenvalue weighted by atomic mass is 16.5. The lowest BCUT2D eigenvalue weighted by Crippen LogP contribution is -2.21. The molecule has 1 nitrogen and oxygen atoms in total. The zero-order valence-electron chi connectivity index (χ0n) is 14.2. The van der Waals surface area contributed by atoms with Crippen LogP contribution in [0.5, 0.6) is 0 Å². The van der Waals surface area contributed by atoms with Gasteiger partial charge >= 0.3 is 0 Å². The van der Waals surface area contributed by atoms with Crippen LogP contribution in [-0.4, -0.2) is 12.7 Å². The van der Waals surface area contributed by atoms with E-state index < -0.39 is 0 Å². The van der Waals surface area contributed by atoms with Crippen molar-refractivity contribution in [1.82, 2.24) is 0 Å². The number of ether oxygens (including phenoxy) is 1. The first kappa shape index (κ1) is 16.9. The molecular formula is C20H34O. The first-order valence-electron chi connectivity index (χ1n) is 9.44. The topological polar surface area (TPSA) is 9.23 Å². The van der Waals surface area contributed by atoms with Crippen molar-refractivity contribution in [3.05, 3.63) is 0 Å². The van der Waals surface area contributed by atoms with E-state index in [0.29, 0.717) is 17.9 Å². The van der Waals surface area contributed by atoms with Crippen LogP contribution in [-0.2, 0) is 4.74 Å². The fraction of sp³-hybridized carbons (Fsp3) is 0.900. The molecule has 2 aliphatic carbocycles. The van der Waals surface area contributed by atoms with Gasteiger partial charge in [-0.1, -0.05) is 38.0 Å². The third-order valence-corrected chi connectivity index (χ3v) is 5.38. The molecule has 120 valence electrons. The van der Waals surface area contributed by atoms with E-state index in [0.717, 1.165) is 12.5 Å². The van der Waals surface area contributed by atoms with Crippen LogP contribution in [0.15, 0.2) is 0 Å². The molecule has 2 aliphatic rings. The predicted molar refractivity (Wildman–Crippen MR) is 90.1 cm³/mol. The Hall–Kier alpha value is -0.480. The smallest absolute Gasteiger partial charge is 0.0575 e. The summed E-state index contributed by atoms with van der Waals surface area (Å²) in [4.78, 5) is 0. The largest absolute Gasteiger partial charge is 0.379 e. The van der Waals surface area contributed by atoms with Crippen LogP contribution < -0.4 is 0 Å². The maximum Gasteiger partial charge on any atom is 0.0575 e. The standard InChI is InChI=1S/C20H34O/c1-3-5-6-17-7-9-18(10-8-17)11-12-19-13-15-20(16-14-19)21-4-2/h17-20H,3-10,13-16H2,1-2H3. The van der Waals surface area contributed by atoms with Gasteiger partial charge in [-0.2, -0.15) is 0 Å². The predicted octanol–water partition coefficient (Wildman–Crippen LogP) is 5.58. The average molecular weight is 290 g/mol. The zero-order chi connectivity index (χ0) is 14.9. The van der Waals surface area contributed by atoms with Gasteiger partial charge in [-0.05, 0) is 64.2 Å². The molecule has 0 unspecified atom stereocenters. The summed E-state index contributed by atoms with van der Waals surface area (Å²) in [7, 11) is 0. The molecule has 0 saturated heterocycles. The van der Waals surface area contributed by atoms with Crippen molar-refractivity contribution in [2.24, 2.45) is 17.8 Å². The van der Waals surface area contributed by atoms with Gasteiger partial charge in [0.2, 0.25) is 0 Å². The van der Waals surface area contributed by atoms with Crippen molar-refractivity contribution >= 4 is 0 Å². The summed E-state index contributed by atoms with van der Waals surface area (Å²) in [6.45, 7) is 5.27. The molecule has 2 rings (SSSR count). The fourth-order valence-corrected chi connectivity index (χ4v) is 3.93. The van der Waals surface area contributed by atoms with Crippen molar-refractivity contribution in [1.29, 1.82) is 0 Å². The number of hydrogen-bond acceptors (Lipinski definition) is 1. The molecule has 2 saturated carbocycles. The van der Waals surface area contributed by atoms with Crippen LogP contribution in [0.25, 0.3) is 0 Å². The lowest BCUT2D eigenvalue weighted by molar-refractivity contribution is 0.0310. The quantitative estimate of drug-likeness (QED) is 0.600. The Labute approximate surface area is 132 Å². The van der Waals surface area contributed by atoms with Crippen LogP contribution in [0.3, 0.4) is 0 Å². The van der Waals surface area contributed by atoms with E-state index in [9.17, 15) is 0 Å². The van der Waals surface area contributed by atoms with Crippen molar-refractivity contribution in [2.75, 3.05) is 6.61 Å². The number of unbranched alkanes of at least 4 members (excludes halogenated alkanes) is 1. The Bertz CT molecular complexity index is 321. The van der Waals surface area contributed by atoms with E-state index in [2.05, 4.69) is 25.7 Å². The fourth-order valence-electron chi connectivity index (χ4n) is 3.93. The lowest BCUT2D eigenvalue weighted by Gasteiger charge is -2.27. The highest BCUT2D eigenvalue weighted by Gasteiger charge is 2.21. The van der Waals surface area contributed by atoms with Crippen molar-refractivity contribution in [2.45, 2.75) is 90.6 Å². The minimum Gasteiger partial charge on any atom is -0.379 e. The van der Waals surface area contributed by atoms with Crippen LogP contribution in [0.2, 0.25) is 0 Å². The first-order valence-corrected chi connectivity index (χ1v) is 9.44. The van der Waals surface area contributed by atoms with Gasteiger partial charge in [-0.15, -0.1) is 0 Å². The summed E-state index contributed by atoms with van der Waals surface area (Å²) in [6, 6.07) is 0. The maximum absolute atomic E-state index is 5.72. The second-order valence-corrected chi connectivity index (χ2v) is 7.08. The molecule has 0 radical (unpaired) electrons. The van der Waals surface area contributed by atoms with E-state index in [1.807, 2.05) is 0 Å². The minimum atomic E-state index is 0.516. The van der Waals surface area contributed by atoms with E-state index >= 15 is 0 Å². The molecule has 0 heterocycles. The van der Waals surface area contributed by atoms with Gasteiger partial charge in [0.15, 0.2) is 0 Å². The molecule has 0 aromatic rings. The van der Waals surface area contributed by atoms with Gasteiger partial charge in [0.1, 0.15) is 0 Å². The number of rotatable bonds is 5. The molecule has 2 fully saturated rings. The van der Waals surface area contributed by atoms with Gasteiger partial charge in [0.05, 0.1) is 6.10 Å². The minimum absolute atomic E-state index is 0.516. The monoisotopic (exact) mass is 290 g/mol. The van der Waals surface area contributed by atoms with E-state index in [4.69, 9.17) is 4.74 Å². The summed E-state index contributed by atoms with van der Waals surface area (Å²) in [6.07, 6.45) is 15.3.